The number of hydrogen-bond acceptors (Lipinski definition) is 2. The van der Waals surface area contributed by atoms with Gasteiger partial charge < -0.3 is 14.0 Å². The number of benzene rings is 4. The summed E-state index contributed by atoms with van der Waals surface area (Å²) in [4.78, 5) is 0. The van der Waals surface area contributed by atoms with Crippen molar-refractivity contribution in [2.75, 3.05) is 13.2 Å². The van der Waals surface area contributed by atoms with Crippen molar-refractivity contribution in [2.24, 2.45) is 5.41 Å². The topological polar surface area (TPSA) is 23.4 Å². The van der Waals surface area contributed by atoms with Crippen molar-refractivity contribution >= 4 is 21.8 Å². The van der Waals surface area contributed by atoms with Gasteiger partial charge in [-0.15, -0.1) is 0 Å². The third-order valence-electron chi connectivity index (χ3n) is 6.49. The Labute approximate surface area is 205 Å². The Balaban J connectivity index is 1.23. The largest absolute Gasteiger partial charge is 0.348 e. The molecule has 1 fully saturated rings. The maximum Gasteiger partial charge on any atom is 0.183 e. The summed E-state index contributed by atoms with van der Waals surface area (Å²) in [6, 6.07) is 33.7. The first-order valence-electron chi connectivity index (χ1n) is 12.0. The second-order valence-electron chi connectivity index (χ2n) is 9.91. The third kappa shape index (κ3) is 4.23. The molecule has 0 bridgehead atoms. The number of hydrogen-bond donors (Lipinski definition) is 0. The highest BCUT2D eigenvalue weighted by Gasteiger charge is 2.29. The molecule has 1 aliphatic heterocycles. The van der Waals surface area contributed by atoms with Gasteiger partial charge in [0.1, 0.15) is 0 Å². The molecular weight excluding hydrogens is 430 g/mol. The van der Waals surface area contributed by atoms with Crippen LogP contribution in [0, 0.1) is 17.3 Å². The minimum Gasteiger partial charge on any atom is -0.348 e. The molecule has 1 aliphatic rings. The number of ether oxygens (including phenoxy) is 2. The highest BCUT2D eigenvalue weighted by atomic mass is 16.7. The Morgan fingerprint density at radius 1 is 0.657 bits per heavy atom. The summed E-state index contributed by atoms with van der Waals surface area (Å²) in [7, 11) is 0. The molecule has 4 aromatic carbocycles. The zero-order chi connectivity index (χ0) is 23.8. The Morgan fingerprint density at radius 3 is 1.69 bits per heavy atom. The Kier molecular flexibility index (Phi) is 5.41. The molecule has 0 amide bonds. The number of fused-ring (bicyclic) bond motifs is 3. The van der Waals surface area contributed by atoms with Gasteiger partial charge in [0.05, 0.1) is 24.2 Å². The van der Waals surface area contributed by atoms with Gasteiger partial charge in [-0.05, 0) is 48.5 Å². The molecule has 0 N–H and O–H groups in total. The van der Waals surface area contributed by atoms with Crippen molar-refractivity contribution in [3.63, 3.8) is 0 Å². The third-order valence-corrected chi connectivity index (χ3v) is 6.49. The van der Waals surface area contributed by atoms with Crippen molar-refractivity contribution in [1.29, 1.82) is 0 Å². The molecule has 5 aromatic rings. The van der Waals surface area contributed by atoms with E-state index in [0.717, 1.165) is 22.4 Å². The first-order valence-corrected chi connectivity index (χ1v) is 12.0. The fourth-order valence-corrected chi connectivity index (χ4v) is 4.65. The van der Waals surface area contributed by atoms with Crippen molar-refractivity contribution in [1.82, 2.24) is 4.57 Å². The number of rotatable bonds is 2. The fraction of sp³-hybridized carbons (Fsp3) is 0.188. The van der Waals surface area contributed by atoms with Gasteiger partial charge in [-0.2, -0.15) is 0 Å². The zero-order valence-corrected chi connectivity index (χ0v) is 20.0. The predicted molar refractivity (Wildman–Crippen MR) is 142 cm³/mol. The summed E-state index contributed by atoms with van der Waals surface area (Å²) in [6.45, 7) is 5.70. The van der Waals surface area contributed by atoms with E-state index in [0.29, 0.717) is 13.2 Å². The molecule has 3 heteroatoms. The Hall–Kier alpha value is -3.84. The van der Waals surface area contributed by atoms with Crippen LogP contribution in [0.5, 0.6) is 0 Å². The maximum absolute atomic E-state index is 5.88. The van der Waals surface area contributed by atoms with E-state index >= 15 is 0 Å². The lowest BCUT2D eigenvalue weighted by atomic mass is 9.95. The maximum atomic E-state index is 5.88. The van der Waals surface area contributed by atoms with Gasteiger partial charge in [-0.1, -0.05) is 74.2 Å². The van der Waals surface area contributed by atoms with Crippen LogP contribution in [0.3, 0.4) is 0 Å². The van der Waals surface area contributed by atoms with Crippen LogP contribution in [0.1, 0.15) is 36.8 Å². The molecule has 172 valence electrons. The fourth-order valence-electron chi connectivity index (χ4n) is 4.65. The summed E-state index contributed by atoms with van der Waals surface area (Å²) in [5.74, 6) is 6.58. The molecule has 0 radical (unpaired) electrons. The SMILES string of the molecule is CC1(C)COC(c2ccc(C#Cc3ccc(-n4c5ccccc5c5ccccc54)cc3)cc2)OC1. The first-order chi connectivity index (χ1) is 17.1. The van der Waals surface area contributed by atoms with E-state index in [4.69, 9.17) is 9.47 Å². The molecular formula is C32H27NO2. The van der Waals surface area contributed by atoms with Gasteiger partial charge in [-0.3, -0.25) is 0 Å². The Bertz CT molecular complexity index is 1500. The van der Waals surface area contributed by atoms with E-state index in [1.165, 1.54) is 21.8 Å². The number of para-hydroxylation sites is 2. The summed E-state index contributed by atoms with van der Waals surface area (Å²) in [6.07, 6.45) is -0.293. The lowest BCUT2D eigenvalue weighted by molar-refractivity contribution is -0.226. The molecule has 3 nitrogen and oxygen atoms in total. The number of aromatic nitrogens is 1. The smallest absolute Gasteiger partial charge is 0.183 e. The lowest BCUT2D eigenvalue weighted by Crippen LogP contribution is -2.33. The van der Waals surface area contributed by atoms with Crippen LogP contribution in [0.15, 0.2) is 97.1 Å². The van der Waals surface area contributed by atoms with Gasteiger partial charge >= 0.3 is 0 Å². The van der Waals surface area contributed by atoms with E-state index in [-0.39, 0.29) is 11.7 Å². The molecule has 0 atom stereocenters. The predicted octanol–water partition coefficient (Wildman–Crippen LogP) is 7.26. The van der Waals surface area contributed by atoms with Crippen LogP contribution in [0.2, 0.25) is 0 Å². The van der Waals surface area contributed by atoms with E-state index in [9.17, 15) is 0 Å². The van der Waals surface area contributed by atoms with Crippen LogP contribution in [-0.2, 0) is 9.47 Å². The minimum absolute atomic E-state index is 0.0685. The van der Waals surface area contributed by atoms with Crippen LogP contribution in [-0.4, -0.2) is 17.8 Å². The highest BCUT2D eigenvalue weighted by molar-refractivity contribution is 6.09. The van der Waals surface area contributed by atoms with Crippen molar-refractivity contribution < 1.29 is 9.47 Å². The average Bonchev–Trinajstić information content (AvgIpc) is 3.23. The number of nitrogens with zero attached hydrogens (tertiary/aromatic N) is 1. The second kappa shape index (κ2) is 8.74. The summed E-state index contributed by atoms with van der Waals surface area (Å²) < 4.78 is 14.1. The lowest BCUT2D eigenvalue weighted by Gasteiger charge is -2.34. The van der Waals surface area contributed by atoms with Gasteiger partial charge in [0, 0.05) is 38.6 Å². The van der Waals surface area contributed by atoms with E-state index < -0.39 is 0 Å². The normalized spacial score (nSPS) is 15.7. The average molecular weight is 458 g/mol. The molecule has 0 aliphatic carbocycles. The van der Waals surface area contributed by atoms with Gasteiger partial charge in [-0.25, -0.2) is 0 Å². The molecule has 0 spiro atoms. The van der Waals surface area contributed by atoms with Crippen molar-refractivity contribution in [2.45, 2.75) is 20.1 Å². The van der Waals surface area contributed by atoms with Gasteiger partial charge in [0.15, 0.2) is 6.29 Å². The standard InChI is InChI=1S/C32H27NO2/c1-32(2)21-34-31(35-22-32)25-17-13-23(14-18-25)11-12-24-15-19-26(20-16-24)33-29-9-5-3-7-27(29)28-8-4-6-10-30(28)33/h3-10,13-20,31H,21-22H2,1-2H3. The van der Waals surface area contributed by atoms with E-state index in [2.05, 4.69) is 103 Å². The zero-order valence-electron chi connectivity index (χ0n) is 20.0. The molecule has 0 saturated carbocycles. The van der Waals surface area contributed by atoms with Crippen LogP contribution in [0.4, 0.5) is 0 Å². The molecule has 35 heavy (non-hydrogen) atoms. The first kappa shape index (κ1) is 21.7. The van der Waals surface area contributed by atoms with Crippen molar-refractivity contribution in [3.05, 3.63) is 114 Å². The highest BCUT2D eigenvalue weighted by Crippen LogP contribution is 2.32. The molecule has 6 rings (SSSR count). The summed E-state index contributed by atoms with van der Waals surface area (Å²) >= 11 is 0. The quantitative estimate of drug-likeness (QED) is 0.261. The van der Waals surface area contributed by atoms with Gasteiger partial charge in [0.2, 0.25) is 0 Å². The van der Waals surface area contributed by atoms with E-state index in [1.54, 1.807) is 0 Å². The Morgan fingerprint density at radius 2 is 1.14 bits per heavy atom. The molecule has 1 aromatic heterocycles. The van der Waals surface area contributed by atoms with Gasteiger partial charge in [0.25, 0.3) is 0 Å². The summed E-state index contributed by atoms with van der Waals surface area (Å²) in [5, 5.41) is 2.53. The molecule has 0 unspecified atom stereocenters. The van der Waals surface area contributed by atoms with Crippen LogP contribution < -0.4 is 0 Å². The molecule has 1 saturated heterocycles. The van der Waals surface area contributed by atoms with Crippen LogP contribution >= 0.6 is 0 Å². The second-order valence-corrected chi connectivity index (χ2v) is 9.91. The molecule has 2 heterocycles. The van der Waals surface area contributed by atoms with Crippen molar-refractivity contribution in [3.8, 4) is 17.5 Å². The minimum atomic E-state index is -0.293. The van der Waals surface area contributed by atoms with Crippen LogP contribution in [0.25, 0.3) is 27.5 Å². The monoisotopic (exact) mass is 457 g/mol. The summed E-state index contributed by atoms with van der Waals surface area (Å²) in [5.41, 5.74) is 6.61. The van der Waals surface area contributed by atoms with E-state index in [1.807, 2.05) is 24.3 Å².